The third-order valence-electron chi connectivity index (χ3n) is 5.24. The molecule has 1 aliphatic rings. The number of oxazole rings is 1. The second-order valence-corrected chi connectivity index (χ2v) is 7.03. The van der Waals surface area contributed by atoms with Gasteiger partial charge in [0.25, 0.3) is 0 Å². The quantitative estimate of drug-likeness (QED) is 0.841. The molecule has 0 spiro atoms. The summed E-state index contributed by atoms with van der Waals surface area (Å²) in [6.45, 7) is 6.79. The molecule has 1 aliphatic carbocycles. The number of hydrogen-bond acceptors (Lipinski definition) is 5. The molecule has 134 valence electrons. The standard InChI is InChI=1S/C19H25N3O3/c1-4-24-15-10-19(20,18(15,2)3)17(23)21-11-14-12-25-16(22-14)13-8-6-5-7-9-13/h5-9,12,15H,4,10-11,20H2,1-3H3,(H,21,23). The molecular formula is C19H25N3O3. The van der Waals surface area contributed by atoms with Gasteiger partial charge in [-0.2, -0.15) is 0 Å². The van der Waals surface area contributed by atoms with Crippen LogP contribution in [0.5, 0.6) is 0 Å². The van der Waals surface area contributed by atoms with Gasteiger partial charge >= 0.3 is 0 Å². The monoisotopic (exact) mass is 343 g/mol. The molecule has 3 rings (SSSR count). The predicted molar refractivity (Wildman–Crippen MR) is 94.5 cm³/mol. The average Bonchev–Trinajstić information content (AvgIpc) is 3.09. The van der Waals surface area contributed by atoms with Crippen LogP contribution in [0.4, 0.5) is 0 Å². The van der Waals surface area contributed by atoms with Gasteiger partial charge < -0.3 is 20.2 Å². The minimum Gasteiger partial charge on any atom is -0.444 e. The first-order chi connectivity index (χ1) is 11.9. The molecule has 1 amide bonds. The van der Waals surface area contributed by atoms with E-state index in [-0.39, 0.29) is 18.6 Å². The van der Waals surface area contributed by atoms with Gasteiger partial charge in [0.05, 0.1) is 18.3 Å². The zero-order valence-electron chi connectivity index (χ0n) is 14.9. The van der Waals surface area contributed by atoms with E-state index in [0.717, 1.165) is 5.56 Å². The first-order valence-electron chi connectivity index (χ1n) is 8.57. The van der Waals surface area contributed by atoms with Crippen LogP contribution in [-0.2, 0) is 16.1 Å². The molecule has 1 fully saturated rings. The fourth-order valence-electron chi connectivity index (χ4n) is 3.25. The van der Waals surface area contributed by atoms with Crippen molar-refractivity contribution in [2.45, 2.75) is 45.4 Å². The molecule has 1 aromatic carbocycles. The van der Waals surface area contributed by atoms with Gasteiger partial charge in [-0.1, -0.05) is 32.0 Å². The Kier molecular flexibility index (Phi) is 4.67. The van der Waals surface area contributed by atoms with Crippen molar-refractivity contribution >= 4 is 5.91 Å². The van der Waals surface area contributed by atoms with E-state index in [9.17, 15) is 4.79 Å². The number of benzene rings is 1. The van der Waals surface area contributed by atoms with E-state index in [2.05, 4.69) is 10.3 Å². The van der Waals surface area contributed by atoms with Gasteiger partial charge in [-0.15, -0.1) is 0 Å². The first-order valence-corrected chi connectivity index (χ1v) is 8.57. The smallest absolute Gasteiger partial charge is 0.241 e. The fourth-order valence-corrected chi connectivity index (χ4v) is 3.25. The summed E-state index contributed by atoms with van der Waals surface area (Å²) in [7, 11) is 0. The molecule has 25 heavy (non-hydrogen) atoms. The zero-order valence-corrected chi connectivity index (χ0v) is 14.9. The fraction of sp³-hybridized carbons (Fsp3) is 0.474. The number of nitrogens with two attached hydrogens (primary N) is 1. The lowest BCUT2D eigenvalue weighted by Crippen LogP contribution is -2.75. The van der Waals surface area contributed by atoms with E-state index in [1.807, 2.05) is 51.1 Å². The molecular weight excluding hydrogens is 318 g/mol. The normalized spacial score (nSPS) is 24.6. The van der Waals surface area contributed by atoms with Gasteiger partial charge in [0, 0.05) is 24.0 Å². The van der Waals surface area contributed by atoms with Gasteiger partial charge in [0.2, 0.25) is 11.8 Å². The van der Waals surface area contributed by atoms with Crippen LogP contribution < -0.4 is 11.1 Å². The Labute approximate surface area is 147 Å². The Balaban J connectivity index is 1.61. The lowest BCUT2D eigenvalue weighted by Gasteiger charge is -2.57. The van der Waals surface area contributed by atoms with Crippen molar-refractivity contribution in [1.82, 2.24) is 10.3 Å². The Morgan fingerprint density at radius 2 is 2.12 bits per heavy atom. The van der Waals surface area contributed by atoms with Crippen molar-refractivity contribution in [3.63, 3.8) is 0 Å². The Bertz CT molecular complexity index is 741. The molecule has 3 N–H and O–H groups in total. The third-order valence-corrected chi connectivity index (χ3v) is 5.24. The number of aromatic nitrogens is 1. The molecule has 2 unspecified atom stereocenters. The average molecular weight is 343 g/mol. The van der Waals surface area contributed by atoms with Gasteiger partial charge in [0.15, 0.2) is 0 Å². The van der Waals surface area contributed by atoms with E-state index >= 15 is 0 Å². The van der Waals surface area contributed by atoms with Crippen molar-refractivity contribution in [3.8, 4) is 11.5 Å². The molecule has 1 aromatic heterocycles. The maximum atomic E-state index is 12.6. The lowest BCUT2D eigenvalue weighted by molar-refractivity contribution is -0.170. The highest BCUT2D eigenvalue weighted by Gasteiger charge is 2.62. The number of amides is 1. The number of rotatable bonds is 6. The Hall–Kier alpha value is -2.18. The number of carbonyl (C=O) groups is 1. The Morgan fingerprint density at radius 3 is 2.76 bits per heavy atom. The van der Waals surface area contributed by atoms with Gasteiger partial charge in [-0.25, -0.2) is 4.98 Å². The topological polar surface area (TPSA) is 90.4 Å². The molecule has 0 bridgehead atoms. The van der Waals surface area contributed by atoms with Gasteiger partial charge in [0.1, 0.15) is 11.8 Å². The molecule has 0 radical (unpaired) electrons. The van der Waals surface area contributed by atoms with Crippen LogP contribution in [0, 0.1) is 5.41 Å². The van der Waals surface area contributed by atoms with Crippen molar-refractivity contribution in [1.29, 1.82) is 0 Å². The molecule has 2 aromatic rings. The minimum atomic E-state index is -0.932. The maximum absolute atomic E-state index is 12.6. The molecule has 1 heterocycles. The lowest BCUT2D eigenvalue weighted by atomic mass is 9.54. The number of carbonyl (C=O) groups excluding carboxylic acids is 1. The number of nitrogens with zero attached hydrogens (tertiary/aromatic N) is 1. The summed E-state index contributed by atoms with van der Waals surface area (Å²) in [5.74, 6) is 0.352. The van der Waals surface area contributed by atoms with Crippen LogP contribution in [0.25, 0.3) is 11.5 Å². The second-order valence-electron chi connectivity index (χ2n) is 7.03. The van der Waals surface area contributed by atoms with Crippen molar-refractivity contribution in [2.75, 3.05) is 6.61 Å². The maximum Gasteiger partial charge on any atom is 0.241 e. The van der Waals surface area contributed by atoms with Crippen LogP contribution in [-0.4, -0.2) is 29.1 Å². The number of ether oxygens (including phenoxy) is 1. The van der Waals surface area contributed by atoms with Crippen molar-refractivity contribution in [2.24, 2.45) is 11.1 Å². The largest absolute Gasteiger partial charge is 0.444 e. The number of nitrogens with one attached hydrogen (secondary N) is 1. The van der Waals surface area contributed by atoms with Crippen LogP contribution in [0.15, 0.2) is 41.0 Å². The highest BCUT2D eigenvalue weighted by atomic mass is 16.5. The molecule has 1 saturated carbocycles. The second kappa shape index (κ2) is 6.61. The van der Waals surface area contributed by atoms with E-state index in [1.54, 1.807) is 6.26 Å². The van der Waals surface area contributed by atoms with Crippen LogP contribution in [0.1, 0.15) is 32.9 Å². The molecule has 6 heteroatoms. The van der Waals surface area contributed by atoms with Crippen molar-refractivity contribution < 1.29 is 13.9 Å². The van der Waals surface area contributed by atoms with E-state index in [4.69, 9.17) is 14.9 Å². The SMILES string of the molecule is CCOC1CC(N)(C(=O)NCc2coc(-c3ccccc3)n2)C1(C)C. The highest BCUT2D eigenvalue weighted by molar-refractivity contribution is 5.88. The van der Waals surface area contributed by atoms with E-state index in [0.29, 0.717) is 24.6 Å². The summed E-state index contributed by atoms with van der Waals surface area (Å²) < 4.78 is 11.2. The summed E-state index contributed by atoms with van der Waals surface area (Å²) in [4.78, 5) is 17.0. The van der Waals surface area contributed by atoms with Crippen LogP contribution in [0.2, 0.25) is 0 Å². The summed E-state index contributed by atoms with van der Waals surface area (Å²) in [6.07, 6.45) is 2.08. The molecule has 0 aliphatic heterocycles. The van der Waals surface area contributed by atoms with Crippen LogP contribution >= 0.6 is 0 Å². The molecule has 2 atom stereocenters. The van der Waals surface area contributed by atoms with Gasteiger partial charge in [-0.3, -0.25) is 4.79 Å². The summed E-state index contributed by atoms with van der Waals surface area (Å²) in [5, 5.41) is 2.88. The zero-order chi connectivity index (χ0) is 18.1. The van der Waals surface area contributed by atoms with Crippen LogP contribution in [0.3, 0.4) is 0 Å². The summed E-state index contributed by atoms with van der Waals surface area (Å²) >= 11 is 0. The number of hydrogen-bond donors (Lipinski definition) is 2. The first kappa shape index (κ1) is 17.6. The van der Waals surface area contributed by atoms with Gasteiger partial charge in [-0.05, 0) is 19.1 Å². The van der Waals surface area contributed by atoms with E-state index < -0.39 is 11.0 Å². The minimum absolute atomic E-state index is 0.00461. The van der Waals surface area contributed by atoms with E-state index in [1.165, 1.54) is 0 Å². The third kappa shape index (κ3) is 3.07. The molecule has 6 nitrogen and oxygen atoms in total. The summed E-state index contributed by atoms with van der Waals surface area (Å²) in [6, 6.07) is 9.63. The van der Waals surface area contributed by atoms with Crippen molar-refractivity contribution in [3.05, 3.63) is 42.3 Å². The predicted octanol–water partition coefficient (Wildman–Crippen LogP) is 2.49. The highest BCUT2D eigenvalue weighted by Crippen LogP contribution is 2.49. The summed E-state index contributed by atoms with van der Waals surface area (Å²) in [5.41, 5.74) is 6.59. The Morgan fingerprint density at radius 1 is 1.40 bits per heavy atom. The molecule has 0 saturated heterocycles.